The Morgan fingerprint density at radius 3 is 2.48 bits per heavy atom. The molecule has 0 aliphatic carbocycles. The third kappa shape index (κ3) is 5.47. The summed E-state index contributed by atoms with van der Waals surface area (Å²) in [6.45, 7) is 2.79. The van der Waals surface area contributed by atoms with E-state index in [0.717, 1.165) is 17.1 Å². The Morgan fingerprint density at radius 2 is 1.74 bits per heavy atom. The van der Waals surface area contributed by atoms with Gasteiger partial charge in [0, 0.05) is 0 Å². The number of carbonyl (C=O) groups is 1. The van der Waals surface area contributed by atoms with E-state index in [9.17, 15) is 4.79 Å². The van der Waals surface area contributed by atoms with Crippen molar-refractivity contribution in [2.24, 2.45) is 5.10 Å². The number of furan rings is 1. The molecule has 0 aliphatic heterocycles. The number of nitrogens with zero attached hydrogens (tertiary/aromatic N) is 1. The Kier molecular flexibility index (Phi) is 6.25. The fourth-order valence-corrected chi connectivity index (χ4v) is 2.29. The van der Waals surface area contributed by atoms with E-state index in [1.807, 2.05) is 61.5 Å². The van der Waals surface area contributed by atoms with Gasteiger partial charge in [-0.1, -0.05) is 18.2 Å². The van der Waals surface area contributed by atoms with Crippen LogP contribution in [0.3, 0.4) is 0 Å². The number of hydrazone groups is 1. The average Bonchev–Trinajstić information content (AvgIpc) is 3.18. The summed E-state index contributed by atoms with van der Waals surface area (Å²) in [4.78, 5) is 12.1. The molecule has 1 heterocycles. The lowest BCUT2D eigenvalue weighted by atomic mass is 10.2. The van der Waals surface area contributed by atoms with Crippen molar-refractivity contribution in [1.82, 2.24) is 5.43 Å². The number of nitrogens with one attached hydrogen (secondary N) is 1. The second-order valence-corrected chi connectivity index (χ2v) is 5.57. The summed E-state index contributed by atoms with van der Waals surface area (Å²) in [6.07, 6.45) is 1.55. The van der Waals surface area contributed by atoms with Gasteiger partial charge in [-0.15, -0.1) is 0 Å². The van der Waals surface area contributed by atoms with Crippen LogP contribution >= 0.6 is 0 Å². The maximum Gasteiger partial charge on any atom is 0.307 e. The molecule has 6 heteroatoms. The minimum absolute atomic E-state index is 0.172. The van der Waals surface area contributed by atoms with E-state index in [-0.39, 0.29) is 12.4 Å². The smallest absolute Gasteiger partial charge is 0.307 e. The Balaban J connectivity index is 1.50. The van der Waals surface area contributed by atoms with Crippen molar-refractivity contribution in [3.8, 4) is 11.5 Å². The molecule has 0 saturated heterocycles. The number of para-hydroxylation sites is 1. The van der Waals surface area contributed by atoms with Gasteiger partial charge >= 0.3 is 5.91 Å². The quantitative estimate of drug-likeness (QED) is 0.484. The third-order valence-corrected chi connectivity index (χ3v) is 3.58. The highest BCUT2D eigenvalue weighted by Gasteiger charge is 2.10. The average molecular weight is 364 g/mol. The lowest BCUT2D eigenvalue weighted by Crippen LogP contribution is -2.16. The molecule has 2 aromatic carbocycles. The molecule has 1 amide bonds. The molecule has 1 aromatic heterocycles. The summed E-state index contributed by atoms with van der Waals surface area (Å²) < 4.78 is 16.4. The lowest BCUT2D eigenvalue weighted by molar-refractivity contribution is 0.0923. The Bertz CT molecular complexity index is 886. The molecule has 0 aliphatic rings. The summed E-state index contributed by atoms with van der Waals surface area (Å²) in [5.74, 6) is 1.83. The van der Waals surface area contributed by atoms with Crippen LogP contribution in [0.25, 0.3) is 0 Å². The van der Waals surface area contributed by atoms with Crippen LogP contribution in [-0.2, 0) is 6.61 Å². The van der Waals surface area contributed by atoms with Crippen molar-refractivity contribution < 1.29 is 18.7 Å². The van der Waals surface area contributed by atoms with Crippen molar-refractivity contribution in [3.05, 3.63) is 83.8 Å². The summed E-state index contributed by atoms with van der Waals surface area (Å²) in [5, 5.41) is 3.94. The molecular formula is C21H20N2O4. The van der Waals surface area contributed by atoms with Gasteiger partial charge in [-0.2, -0.15) is 5.10 Å². The minimum atomic E-state index is -0.428. The highest BCUT2D eigenvalue weighted by Crippen LogP contribution is 2.14. The van der Waals surface area contributed by atoms with E-state index in [4.69, 9.17) is 13.9 Å². The van der Waals surface area contributed by atoms with Crippen molar-refractivity contribution in [1.29, 1.82) is 0 Å². The minimum Gasteiger partial charge on any atom is -0.494 e. The number of rotatable bonds is 8. The van der Waals surface area contributed by atoms with Crippen LogP contribution in [0.4, 0.5) is 0 Å². The molecule has 1 N–H and O–H groups in total. The van der Waals surface area contributed by atoms with Gasteiger partial charge in [0.15, 0.2) is 5.76 Å². The van der Waals surface area contributed by atoms with Crippen LogP contribution < -0.4 is 14.9 Å². The van der Waals surface area contributed by atoms with Crippen LogP contribution in [-0.4, -0.2) is 18.7 Å². The zero-order chi connectivity index (χ0) is 18.9. The SMILES string of the molecule is CCOc1ccc(/C=N\NC(=O)c2ccc(COc3ccccc3)o2)cc1. The van der Waals surface area contributed by atoms with Gasteiger partial charge in [0.1, 0.15) is 23.9 Å². The third-order valence-electron chi connectivity index (χ3n) is 3.58. The van der Waals surface area contributed by atoms with Crippen LogP contribution in [0.2, 0.25) is 0 Å². The molecule has 0 spiro atoms. The molecule has 3 rings (SSSR count). The molecule has 0 radical (unpaired) electrons. The van der Waals surface area contributed by atoms with Crippen molar-refractivity contribution in [2.75, 3.05) is 6.61 Å². The predicted molar refractivity (Wildman–Crippen MR) is 102 cm³/mol. The fraction of sp³-hybridized carbons (Fsp3) is 0.143. The lowest BCUT2D eigenvalue weighted by Gasteiger charge is -2.03. The van der Waals surface area contributed by atoms with E-state index in [1.165, 1.54) is 0 Å². The molecule has 27 heavy (non-hydrogen) atoms. The first kappa shape index (κ1) is 18.3. The van der Waals surface area contributed by atoms with Gasteiger partial charge in [-0.25, -0.2) is 5.43 Å². The number of hydrogen-bond donors (Lipinski definition) is 1. The molecule has 3 aromatic rings. The standard InChI is InChI=1S/C21H20N2O4/c1-2-25-18-10-8-16(9-11-18)14-22-23-21(24)20-13-12-19(27-20)15-26-17-6-4-3-5-7-17/h3-14H,2,15H2,1H3,(H,23,24)/b22-14-. The summed E-state index contributed by atoms with van der Waals surface area (Å²) in [7, 11) is 0. The van der Waals surface area contributed by atoms with Crippen molar-refractivity contribution in [2.45, 2.75) is 13.5 Å². The van der Waals surface area contributed by atoms with Gasteiger partial charge in [-0.3, -0.25) is 4.79 Å². The van der Waals surface area contributed by atoms with E-state index in [0.29, 0.717) is 12.4 Å². The van der Waals surface area contributed by atoms with Gasteiger partial charge in [0.25, 0.3) is 0 Å². The van der Waals surface area contributed by atoms with Crippen molar-refractivity contribution >= 4 is 12.1 Å². The maximum atomic E-state index is 12.1. The molecule has 138 valence electrons. The van der Waals surface area contributed by atoms with Gasteiger partial charge in [0.05, 0.1) is 12.8 Å². The summed E-state index contributed by atoms with van der Waals surface area (Å²) in [6, 6.07) is 20.1. The van der Waals surface area contributed by atoms with Gasteiger partial charge in [0.2, 0.25) is 0 Å². The van der Waals surface area contributed by atoms with E-state index in [1.54, 1.807) is 18.3 Å². The van der Waals surface area contributed by atoms with Gasteiger partial charge in [-0.05, 0) is 61.0 Å². The molecule has 6 nitrogen and oxygen atoms in total. The molecule has 0 saturated carbocycles. The van der Waals surface area contributed by atoms with E-state index >= 15 is 0 Å². The number of carbonyl (C=O) groups excluding carboxylic acids is 1. The molecule has 0 bridgehead atoms. The van der Waals surface area contributed by atoms with E-state index < -0.39 is 5.91 Å². The maximum absolute atomic E-state index is 12.1. The zero-order valence-corrected chi connectivity index (χ0v) is 14.9. The monoisotopic (exact) mass is 364 g/mol. The Labute approximate surface area is 157 Å². The highest BCUT2D eigenvalue weighted by atomic mass is 16.5. The largest absolute Gasteiger partial charge is 0.494 e. The fourth-order valence-electron chi connectivity index (χ4n) is 2.29. The Morgan fingerprint density at radius 1 is 1.00 bits per heavy atom. The number of hydrogen-bond acceptors (Lipinski definition) is 5. The van der Waals surface area contributed by atoms with E-state index in [2.05, 4.69) is 10.5 Å². The predicted octanol–water partition coefficient (Wildman–Crippen LogP) is 4.02. The second-order valence-electron chi connectivity index (χ2n) is 5.57. The van der Waals surface area contributed by atoms with Crippen LogP contribution in [0.5, 0.6) is 11.5 Å². The first-order valence-electron chi connectivity index (χ1n) is 8.57. The summed E-state index contributed by atoms with van der Waals surface area (Å²) in [5.41, 5.74) is 3.28. The summed E-state index contributed by atoms with van der Waals surface area (Å²) >= 11 is 0. The first-order chi connectivity index (χ1) is 13.2. The molecule has 0 unspecified atom stereocenters. The molecular weight excluding hydrogens is 344 g/mol. The second kappa shape index (κ2) is 9.24. The van der Waals surface area contributed by atoms with Gasteiger partial charge < -0.3 is 13.9 Å². The van der Waals surface area contributed by atoms with Crippen LogP contribution in [0.1, 0.15) is 28.8 Å². The van der Waals surface area contributed by atoms with Crippen molar-refractivity contribution in [3.63, 3.8) is 0 Å². The molecule has 0 atom stereocenters. The first-order valence-corrected chi connectivity index (χ1v) is 8.57. The van der Waals surface area contributed by atoms with Crippen LogP contribution in [0, 0.1) is 0 Å². The Hall–Kier alpha value is -3.54. The normalized spacial score (nSPS) is 10.7. The topological polar surface area (TPSA) is 73.1 Å². The zero-order valence-electron chi connectivity index (χ0n) is 14.9. The number of ether oxygens (including phenoxy) is 2. The van der Waals surface area contributed by atoms with Crippen LogP contribution in [0.15, 0.2) is 76.2 Å². The highest BCUT2D eigenvalue weighted by molar-refractivity contribution is 5.92. The molecule has 0 fully saturated rings. The number of amides is 1. The number of benzene rings is 2.